The summed E-state index contributed by atoms with van der Waals surface area (Å²) in [5.74, 6) is 8.02. The lowest BCUT2D eigenvalue weighted by molar-refractivity contribution is 0.412. The Morgan fingerprint density at radius 2 is 2.24 bits per heavy atom. The van der Waals surface area contributed by atoms with Crippen molar-refractivity contribution in [3.63, 3.8) is 0 Å². The Hall–Kier alpha value is -1.56. The molecule has 0 saturated carbocycles. The number of nitrogens with one attached hydrogen (secondary N) is 1. The smallest absolute Gasteiger partial charge is 0.205 e. The summed E-state index contributed by atoms with van der Waals surface area (Å²) in [7, 11) is 1.60. The van der Waals surface area contributed by atoms with Crippen molar-refractivity contribution in [1.82, 2.24) is 9.97 Å². The fourth-order valence-electron chi connectivity index (χ4n) is 2.45. The standard InChI is InChI=1S/C11H19N5O/c1-7-4-8(2)16(5-7)11-9(17-3)10(15-12)13-6-14-11/h6-8H,4-5,12H2,1-3H3,(H,13,14,15). The third-order valence-corrected chi connectivity index (χ3v) is 3.18. The van der Waals surface area contributed by atoms with Crippen molar-refractivity contribution in [3.05, 3.63) is 6.33 Å². The summed E-state index contributed by atoms with van der Waals surface area (Å²) in [6.07, 6.45) is 2.67. The van der Waals surface area contributed by atoms with Crippen molar-refractivity contribution >= 4 is 11.6 Å². The van der Waals surface area contributed by atoms with Gasteiger partial charge in [-0.05, 0) is 19.3 Å². The van der Waals surface area contributed by atoms with E-state index in [1.54, 1.807) is 7.11 Å². The topological polar surface area (TPSA) is 76.3 Å². The molecular formula is C11H19N5O. The van der Waals surface area contributed by atoms with Crippen LogP contribution in [0.1, 0.15) is 20.3 Å². The van der Waals surface area contributed by atoms with E-state index in [9.17, 15) is 0 Å². The van der Waals surface area contributed by atoms with Crippen molar-refractivity contribution < 1.29 is 4.74 Å². The van der Waals surface area contributed by atoms with Crippen LogP contribution >= 0.6 is 0 Å². The first kappa shape index (κ1) is 11.9. The molecule has 0 spiro atoms. The molecule has 1 saturated heterocycles. The number of hydrogen-bond acceptors (Lipinski definition) is 6. The molecule has 0 aliphatic carbocycles. The van der Waals surface area contributed by atoms with Crippen LogP contribution in [0.2, 0.25) is 0 Å². The van der Waals surface area contributed by atoms with Gasteiger partial charge < -0.3 is 15.1 Å². The van der Waals surface area contributed by atoms with E-state index in [0.29, 0.717) is 23.5 Å². The molecule has 3 N–H and O–H groups in total. The quantitative estimate of drug-likeness (QED) is 0.603. The Morgan fingerprint density at radius 3 is 2.76 bits per heavy atom. The Kier molecular flexibility index (Phi) is 3.33. The molecule has 17 heavy (non-hydrogen) atoms. The van der Waals surface area contributed by atoms with Crippen LogP contribution in [0.25, 0.3) is 0 Å². The molecule has 2 rings (SSSR count). The third kappa shape index (κ3) is 2.12. The van der Waals surface area contributed by atoms with Crippen LogP contribution in [0.5, 0.6) is 5.75 Å². The summed E-state index contributed by atoms with van der Waals surface area (Å²) in [6, 6.07) is 0.458. The number of anilines is 2. The van der Waals surface area contributed by atoms with Gasteiger partial charge in [-0.15, -0.1) is 0 Å². The number of hydrazine groups is 1. The summed E-state index contributed by atoms with van der Waals surface area (Å²) >= 11 is 0. The fraction of sp³-hybridized carbons (Fsp3) is 0.636. The number of methoxy groups -OCH3 is 1. The molecule has 1 aromatic rings. The molecule has 94 valence electrons. The van der Waals surface area contributed by atoms with Crippen molar-refractivity contribution in [2.24, 2.45) is 11.8 Å². The molecule has 1 fully saturated rings. The molecular weight excluding hydrogens is 218 g/mol. The van der Waals surface area contributed by atoms with Gasteiger partial charge in [-0.2, -0.15) is 0 Å². The van der Waals surface area contributed by atoms with Crippen molar-refractivity contribution in [2.45, 2.75) is 26.3 Å². The van der Waals surface area contributed by atoms with Crippen LogP contribution in [-0.4, -0.2) is 29.7 Å². The number of nitrogens with zero attached hydrogens (tertiary/aromatic N) is 3. The lowest BCUT2D eigenvalue weighted by atomic mass is 10.1. The van der Waals surface area contributed by atoms with Crippen LogP contribution in [0, 0.1) is 5.92 Å². The largest absolute Gasteiger partial charge is 0.490 e. The fourth-order valence-corrected chi connectivity index (χ4v) is 2.45. The SMILES string of the molecule is COc1c(NN)ncnc1N1CC(C)CC1C. The summed E-state index contributed by atoms with van der Waals surface area (Å²) in [6.45, 7) is 5.42. The van der Waals surface area contributed by atoms with Crippen LogP contribution in [0.4, 0.5) is 11.6 Å². The maximum absolute atomic E-state index is 5.42. The minimum atomic E-state index is 0.458. The Balaban J connectivity index is 2.38. The lowest BCUT2D eigenvalue weighted by Crippen LogP contribution is -2.28. The molecule has 0 amide bonds. The molecule has 6 heteroatoms. The highest BCUT2D eigenvalue weighted by atomic mass is 16.5. The number of hydrogen-bond donors (Lipinski definition) is 2. The highest BCUT2D eigenvalue weighted by Crippen LogP contribution is 2.36. The highest BCUT2D eigenvalue weighted by molar-refractivity contribution is 5.65. The number of rotatable bonds is 3. The number of nitrogens with two attached hydrogens (primary N) is 1. The van der Waals surface area contributed by atoms with Crippen LogP contribution in [-0.2, 0) is 0 Å². The molecule has 1 aromatic heterocycles. The average molecular weight is 237 g/mol. The van der Waals surface area contributed by atoms with E-state index in [0.717, 1.165) is 12.4 Å². The maximum atomic E-state index is 5.42. The van der Waals surface area contributed by atoms with Crippen molar-refractivity contribution in [3.8, 4) is 5.75 Å². The first-order valence-corrected chi connectivity index (χ1v) is 5.79. The van der Waals surface area contributed by atoms with Gasteiger partial charge in [0.2, 0.25) is 5.75 Å². The summed E-state index contributed by atoms with van der Waals surface area (Å²) in [5.41, 5.74) is 2.53. The summed E-state index contributed by atoms with van der Waals surface area (Å²) in [4.78, 5) is 10.6. The van der Waals surface area contributed by atoms with E-state index in [1.165, 1.54) is 12.7 Å². The van der Waals surface area contributed by atoms with Gasteiger partial charge in [0.15, 0.2) is 11.6 Å². The molecule has 6 nitrogen and oxygen atoms in total. The molecule has 1 aliphatic rings. The van der Waals surface area contributed by atoms with Gasteiger partial charge in [-0.1, -0.05) is 6.92 Å². The molecule has 1 aliphatic heterocycles. The second-order valence-electron chi connectivity index (χ2n) is 4.57. The Labute approximate surface area is 101 Å². The molecule has 0 bridgehead atoms. The van der Waals surface area contributed by atoms with Gasteiger partial charge in [0.1, 0.15) is 6.33 Å². The average Bonchev–Trinajstić information content (AvgIpc) is 2.67. The molecule has 2 heterocycles. The van der Waals surface area contributed by atoms with Gasteiger partial charge in [-0.3, -0.25) is 0 Å². The van der Waals surface area contributed by atoms with E-state index < -0.39 is 0 Å². The monoisotopic (exact) mass is 237 g/mol. The van der Waals surface area contributed by atoms with E-state index in [1.807, 2.05) is 0 Å². The normalized spacial score (nSPS) is 23.9. The van der Waals surface area contributed by atoms with Gasteiger partial charge in [0.25, 0.3) is 0 Å². The van der Waals surface area contributed by atoms with E-state index in [4.69, 9.17) is 10.6 Å². The number of nitrogen functional groups attached to an aromatic ring is 1. The van der Waals surface area contributed by atoms with Gasteiger partial charge in [0, 0.05) is 12.6 Å². The van der Waals surface area contributed by atoms with Crippen LogP contribution in [0.15, 0.2) is 6.33 Å². The minimum Gasteiger partial charge on any atom is -0.490 e. The second kappa shape index (κ2) is 4.75. The predicted octanol–water partition coefficient (Wildman–Crippen LogP) is 1.01. The number of ether oxygens (including phenoxy) is 1. The predicted molar refractivity (Wildman–Crippen MR) is 67.0 cm³/mol. The second-order valence-corrected chi connectivity index (χ2v) is 4.57. The van der Waals surface area contributed by atoms with Crippen LogP contribution < -0.4 is 20.9 Å². The van der Waals surface area contributed by atoms with E-state index in [-0.39, 0.29) is 0 Å². The van der Waals surface area contributed by atoms with Crippen LogP contribution in [0.3, 0.4) is 0 Å². The summed E-state index contributed by atoms with van der Waals surface area (Å²) in [5, 5.41) is 0. The lowest BCUT2D eigenvalue weighted by Gasteiger charge is -2.24. The number of aromatic nitrogens is 2. The van der Waals surface area contributed by atoms with Crippen molar-refractivity contribution in [2.75, 3.05) is 24.0 Å². The Bertz CT molecular complexity index is 397. The molecule has 2 atom stereocenters. The third-order valence-electron chi connectivity index (χ3n) is 3.18. The summed E-state index contributed by atoms with van der Waals surface area (Å²) < 4.78 is 5.35. The maximum Gasteiger partial charge on any atom is 0.205 e. The van der Waals surface area contributed by atoms with E-state index >= 15 is 0 Å². The van der Waals surface area contributed by atoms with Gasteiger partial charge in [0.05, 0.1) is 7.11 Å². The minimum absolute atomic E-state index is 0.458. The Morgan fingerprint density at radius 1 is 1.47 bits per heavy atom. The van der Waals surface area contributed by atoms with Gasteiger partial charge >= 0.3 is 0 Å². The zero-order chi connectivity index (χ0) is 12.4. The first-order valence-electron chi connectivity index (χ1n) is 5.79. The van der Waals surface area contributed by atoms with Crippen molar-refractivity contribution in [1.29, 1.82) is 0 Å². The van der Waals surface area contributed by atoms with Gasteiger partial charge in [-0.25, -0.2) is 15.8 Å². The molecule has 0 aromatic carbocycles. The highest BCUT2D eigenvalue weighted by Gasteiger charge is 2.30. The molecule has 0 radical (unpaired) electrons. The van der Waals surface area contributed by atoms with E-state index in [2.05, 4.69) is 34.1 Å². The first-order chi connectivity index (χ1) is 8.17. The zero-order valence-corrected chi connectivity index (χ0v) is 10.5. The molecule has 2 unspecified atom stereocenters. The zero-order valence-electron chi connectivity index (χ0n) is 10.5.